The van der Waals surface area contributed by atoms with Crippen molar-refractivity contribution in [2.24, 2.45) is 5.41 Å². The molecule has 0 rings (SSSR count). The minimum Gasteiger partial charge on any atom is -0.481 e. The maximum absolute atomic E-state index is 11.9. The van der Waals surface area contributed by atoms with Gasteiger partial charge in [0.05, 0.1) is 6.42 Å². The highest BCUT2D eigenvalue weighted by molar-refractivity contribution is 5.69. The monoisotopic (exact) mass is 651 g/mol. The molecule has 0 aliphatic heterocycles. The molecule has 0 atom stereocenters. The normalized spacial score (nSPS) is 11.8. The smallest absolute Gasteiger partial charge is 0.303 e. The summed E-state index contributed by atoms with van der Waals surface area (Å²) >= 11 is 0. The fourth-order valence-corrected chi connectivity index (χ4v) is 7.43. The number of hydrogen-bond acceptors (Lipinski definition) is 2. The number of hydrogen-bond donors (Lipinski definition) is 2. The van der Waals surface area contributed by atoms with Gasteiger partial charge in [-0.3, -0.25) is 9.59 Å². The van der Waals surface area contributed by atoms with Crippen LogP contribution in [0.15, 0.2) is 0 Å². The van der Waals surface area contributed by atoms with E-state index < -0.39 is 11.9 Å². The summed E-state index contributed by atoms with van der Waals surface area (Å²) in [5.41, 5.74) is -0.351. The Kier molecular flexibility index (Phi) is 34.4. The molecule has 0 saturated carbocycles. The zero-order chi connectivity index (χ0) is 33.8. The zero-order valence-electron chi connectivity index (χ0n) is 31.4. The molecule has 0 unspecified atom stereocenters. The minimum absolute atomic E-state index is 0.0883. The number of rotatable bonds is 39. The van der Waals surface area contributed by atoms with E-state index >= 15 is 0 Å². The summed E-state index contributed by atoms with van der Waals surface area (Å²) in [7, 11) is 0. The van der Waals surface area contributed by atoms with Gasteiger partial charge in [-0.05, 0) is 24.7 Å². The Labute approximate surface area is 288 Å². The van der Waals surface area contributed by atoms with Gasteiger partial charge in [0.25, 0.3) is 0 Å². The van der Waals surface area contributed by atoms with E-state index in [9.17, 15) is 19.8 Å². The van der Waals surface area contributed by atoms with Gasteiger partial charge in [-0.1, -0.05) is 219 Å². The summed E-state index contributed by atoms with van der Waals surface area (Å²) in [4.78, 5) is 23.3. The van der Waals surface area contributed by atoms with E-state index in [2.05, 4.69) is 13.8 Å². The van der Waals surface area contributed by atoms with E-state index in [1.165, 1.54) is 180 Å². The highest BCUT2D eigenvalue weighted by Gasteiger charge is 2.32. The Morgan fingerprint density at radius 2 is 0.587 bits per heavy atom. The summed E-state index contributed by atoms with van der Waals surface area (Å²) in [6.45, 7) is 4.56. The first kappa shape index (κ1) is 44.9. The molecule has 0 amide bonds. The van der Waals surface area contributed by atoms with Gasteiger partial charge in [-0.25, -0.2) is 0 Å². The summed E-state index contributed by atoms with van der Waals surface area (Å²) < 4.78 is 0. The van der Waals surface area contributed by atoms with E-state index in [0.29, 0.717) is 6.42 Å². The van der Waals surface area contributed by atoms with Gasteiger partial charge >= 0.3 is 11.9 Å². The van der Waals surface area contributed by atoms with E-state index in [-0.39, 0.29) is 18.3 Å². The van der Waals surface area contributed by atoms with Crippen molar-refractivity contribution in [3.05, 3.63) is 0 Å². The molecule has 274 valence electrons. The number of carbonyl (C=O) groups is 2. The Hall–Kier alpha value is -1.06. The second-order valence-corrected chi connectivity index (χ2v) is 15.1. The molecule has 0 aromatic carbocycles. The molecule has 46 heavy (non-hydrogen) atoms. The van der Waals surface area contributed by atoms with Crippen LogP contribution in [0, 0.1) is 5.41 Å². The largest absolute Gasteiger partial charge is 0.481 e. The molecule has 0 aromatic heterocycles. The predicted molar refractivity (Wildman–Crippen MR) is 200 cm³/mol. The lowest BCUT2D eigenvalue weighted by Crippen LogP contribution is -2.26. The van der Waals surface area contributed by atoms with Crippen molar-refractivity contribution in [1.29, 1.82) is 0 Å². The Balaban J connectivity index is 4.05. The first-order chi connectivity index (χ1) is 22.5. The second-order valence-electron chi connectivity index (χ2n) is 15.1. The van der Waals surface area contributed by atoms with E-state index in [4.69, 9.17) is 0 Å². The fourth-order valence-electron chi connectivity index (χ4n) is 7.43. The van der Waals surface area contributed by atoms with Gasteiger partial charge in [0.2, 0.25) is 0 Å². The lowest BCUT2D eigenvalue weighted by Gasteiger charge is -2.32. The van der Waals surface area contributed by atoms with Crippen molar-refractivity contribution in [3.63, 3.8) is 0 Å². The maximum atomic E-state index is 11.9. The maximum Gasteiger partial charge on any atom is 0.303 e. The first-order valence-corrected chi connectivity index (χ1v) is 20.9. The third kappa shape index (κ3) is 32.9. The molecule has 0 bridgehead atoms. The molecule has 0 saturated heterocycles. The van der Waals surface area contributed by atoms with Crippen LogP contribution in [0.1, 0.15) is 251 Å². The van der Waals surface area contributed by atoms with Gasteiger partial charge < -0.3 is 10.2 Å². The summed E-state index contributed by atoms with van der Waals surface area (Å²) in [6, 6.07) is 0. The average Bonchev–Trinajstić information content (AvgIpc) is 3.03. The van der Waals surface area contributed by atoms with Crippen molar-refractivity contribution >= 4 is 11.9 Å². The quantitative estimate of drug-likeness (QED) is 0.0649. The first-order valence-electron chi connectivity index (χ1n) is 20.9. The van der Waals surface area contributed by atoms with Gasteiger partial charge in [0.1, 0.15) is 0 Å². The second kappa shape index (κ2) is 35.3. The standard InChI is InChI=1S/C42H82O4/c1-3-5-7-9-11-13-15-17-19-21-23-25-27-29-31-33-36-42(39-41(45)46,38-35-40(43)44)37-34-32-30-28-26-24-22-20-18-16-14-12-10-8-6-4-2/h3-39H2,1-2H3,(H,43,44)(H,45,46). The molecular formula is C42H82O4. The van der Waals surface area contributed by atoms with Gasteiger partial charge in [0.15, 0.2) is 0 Å². The highest BCUT2D eigenvalue weighted by atomic mass is 16.4. The molecule has 0 spiro atoms. The number of carboxylic acid groups (broad SMARTS) is 2. The van der Waals surface area contributed by atoms with E-state index in [0.717, 1.165) is 38.5 Å². The van der Waals surface area contributed by atoms with Crippen LogP contribution in [0.25, 0.3) is 0 Å². The SMILES string of the molecule is CCCCCCCCCCCCCCCCCCC(CCCCCCCCCCCCCCCCCC)(CCC(=O)O)CC(=O)O. The van der Waals surface area contributed by atoms with Crippen molar-refractivity contribution < 1.29 is 19.8 Å². The summed E-state index contributed by atoms with van der Waals surface area (Å²) in [6.07, 6.45) is 45.0. The molecule has 0 fully saturated rings. The lowest BCUT2D eigenvalue weighted by atomic mass is 9.72. The van der Waals surface area contributed by atoms with Crippen LogP contribution in [0.5, 0.6) is 0 Å². The molecule has 0 heterocycles. The number of carboxylic acids is 2. The van der Waals surface area contributed by atoms with Gasteiger partial charge in [-0.15, -0.1) is 0 Å². The third-order valence-electron chi connectivity index (χ3n) is 10.5. The van der Waals surface area contributed by atoms with Crippen LogP contribution in [0.3, 0.4) is 0 Å². The highest BCUT2D eigenvalue weighted by Crippen LogP contribution is 2.40. The van der Waals surface area contributed by atoms with Crippen molar-refractivity contribution in [3.8, 4) is 0 Å². The van der Waals surface area contributed by atoms with Crippen molar-refractivity contribution in [2.45, 2.75) is 251 Å². The van der Waals surface area contributed by atoms with Crippen LogP contribution < -0.4 is 0 Å². The predicted octanol–water partition coefficient (Wildman–Crippen LogP) is 14.6. The molecule has 0 aliphatic carbocycles. The fraction of sp³-hybridized carbons (Fsp3) is 0.952. The molecule has 0 radical (unpaired) electrons. The summed E-state index contributed by atoms with van der Waals surface area (Å²) in [5, 5.41) is 19.1. The Morgan fingerprint density at radius 1 is 0.348 bits per heavy atom. The Bertz CT molecular complexity index is 610. The molecule has 0 aliphatic rings. The van der Waals surface area contributed by atoms with E-state index in [1.54, 1.807) is 0 Å². The molecule has 4 heteroatoms. The van der Waals surface area contributed by atoms with Crippen molar-refractivity contribution in [1.82, 2.24) is 0 Å². The van der Waals surface area contributed by atoms with Crippen LogP contribution >= 0.6 is 0 Å². The van der Waals surface area contributed by atoms with Crippen LogP contribution in [0.4, 0.5) is 0 Å². The zero-order valence-corrected chi connectivity index (χ0v) is 31.4. The van der Waals surface area contributed by atoms with Crippen LogP contribution in [-0.4, -0.2) is 22.2 Å². The summed E-state index contributed by atoms with van der Waals surface area (Å²) in [5.74, 6) is -1.56. The van der Waals surface area contributed by atoms with Gasteiger partial charge in [-0.2, -0.15) is 0 Å². The number of aliphatic carboxylic acids is 2. The van der Waals surface area contributed by atoms with Crippen LogP contribution in [-0.2, 0) is 9.59 Å². The lowest BCUT2D eigenvalue weighted by molar-refractivity contribution is -0.142. The third-order valence-corrected chi connectivity index (χ3v) is 10.5. The van der Waals surface area contributed by atoms with Gasteiger partial charge in [0, 0.05) is 6.42 Å². The molecule has 2 N–H and O–H groups in total. The van der Waals surface area contributed by atoms with Crippen LogP contribution in [0.2, 0.25) is 0 Å². The topological polar surface area (TPSA) is 74.6 Å². The molecule has 4 nitrogen and oxygen atoms in total. The number of unbranched alkanes of at least 4 members (excludes halogenated alkanes) is 30. The average molecular weight is 651 g/mol. The molecular weight excluding hydrogens is 568 g/mol. The van der Waals surface area contributed by atoms with E-state index in [1.807, 2.05) is 0 Å². The molecule has 0 aromatic rings. The van der Waals surface area contributed by atoms with Crippen molar-refractivity contribution in [2.75, 3.05) is 0 Å². The minimum atomic E-state index is -0.797. The Morgan fingerprint density at radius 3 is 0.804 bits per heavy atom.